The van der Waals surface area contributed by atoms with Gasteiger partial charge in [0, 0.05) is 37.8 Å². The summed E-state index contributed by atoms with van der Waals surface area (Å²) in [5.41, 5.74) is 2.11. The van der Waals surface area contributed by atoms with Crippen LogP contribution in [0.2, 0.25) is 0 Å². The Balaban J connectivity index is 1.49. The number of ether oxygens (including phenoxy) is 2. The molecule has 0 saturated carbocycles. The van der Waals surface area contributed by atoms with Crippen LogP contribution in [-0.2, 0) is 7.05 Å². The highest BCUT2D eigenvalue weighted by Gasteiger charge is 2.30. The third-order valence-corrected chi connectivity index (χ3v) is 4.84. The normalized spacial score (nSPS) is 16.2. The van der Waals surface area contributed by atoms with E-state index >= 15 is 0 Å². The summed E-state index contributed by atoms with van der Waals surface area (Å²) < 4.78 is 12.9. The number of hydrogen-bond donors (Lipinski definition) is 0. The molecule has 0 aliphatic carbocycles. The average Bonchev–Trinajstić information content (AvgIpc) is 3.35. The zero-order valence-corrected chi connectivity index (χ0v) is 15.9. The highest BCUT2D eigenvalue weighted by Crippen LogP contribution is 2.29. The van der Waals surface area contributed by atoms with Gasteiger partial charge in [-0.25, -0.2) is 4.98 Å². The predicted octanol–water partition coefficient (Wildman–Crippen LogP) is 2.78. The van der Waals surface area contributed by atoms with Gasteiger partial charge in [-0.15, -0.1) is 0 Å². The summed E-state index contributed by atoms with van der Waals surface area (Å²) >= 11 is 0. The van der Waals surface area contributed by atoms with E-state index in [-0.39, 0.29) is 12.0 Å². The molecule has 1 aliphatic rings. The molecule has 1 fully saturated rings. The molecule has 0 spiro atoms. The third kappa shape index (κ3) is 3.55. The largest absolute Gasteiger partial charge is 0.496 e. The fourth-order valence-electron chi connectivity index (χ4n) is 3.41. The molecule has 144 valence electrons. The van der Waals surface area contributed by atoms with Gasteiger partial charge >= 0.3 is 0 Å². The van der Waals surface area contributed by atoms with Crippen molar-refractivity contribution in [2.24, 2.45) is 7.05 Å². The first-order valence-electron chi connectivity index (χ1n) is 9.20. The number of carbonyl (C=O) groups is 1. The standard InChI is InChI=1S/C21H22N4O3/c1-24-18(13-17(23-24)16-7-3-4-8-19(16)27-2)21(26)25-12-10-15(14-25)28-20-9-5-6-11-22-20/h3-9,11,13,15H,10,12,14H2,1-2H3. The SMILES string of the molecule is COc1ccccc1-c1cc(C(=O)N2CCC(Oc3ccccn3)C2)n(C)n1. The van der Waals surface area contributed by atoms with E-state index in [2.05, 4.69) is 10.1 Å². The van der Waals surface area contributed by atoms with Crippen molar-refractivity contribution >= 4 is 5.91 Å². The third-order valence-electron chi connectivity index (χ3n) is 4.84. The molecule has 1 saturated heterocycles. The van der Waals surface area contributed by atoms with Gasteiger partial charge in [-0.3, -0.25) is 9.48 Å². The zero-order chi connectivity index (χ0) is 19.5. The second-order valence-electron chi connectivity index (χ2n) is 6.69. The first-order valence-corrected chi connectivity index (χ1v) is 9.20. The number of likely N-dealkylation sites (tertiary alicyclic amines) is 1. The topological polar surface area (TPSA) is 69.5 Å². The van der Waals surface area contributed by atoms with Crippen molar-refractivity contribution in [1.82, 2.24) is 19.7 Å². The van der Waals surface area contributed by atoms with Crippen molar-refractivity contribution in [1.29, 1.82) is 0 Å². The van der Waals surface area contributed by atoms with Crippen LogP contribution in [0.3, 0.4) is 0 Å². The molecule has 3 heterocycles. The number of amides is 1. The molecule has 7 nitrogen and oxygen atoms in total. The van der Waals surface area contributed by atoms with Crippen molar-refractivity contribution in [2.75, 3.05) is 20.2 Å². The Morgan fingerprint density at radius 2 is 2.00 bits per heavy atom. The van der Waals surface area contributed by atoms with Crippen LogP contribution in [0.15, 0.2) is 54.7 Å². The second kappa shape index (κ2) is 7.72. The van der Waals surface area contributed by atoms with E-state index < -0.39 is 0 Å². The van der Waals surface area contributed by atoms with Crippen molar-refractivity contribution in [2.45, 2.75) is 12.5 Å². The van der Waals surface area contributed by atoms with Crippen LogP contribution < -0.4 is 9.47 Å². The summed E-state index contributed by atoms with van der Waals surface area (Å²) in [6.07, 6.45) is 2.42. The monoisotopic (exact) mass is 378 g/mol. The molecule has 1 aromatic carbocycles. The molecule has 0 N–H and O–H groups in total. The Morgan fingerprint density at radius 3 is 2.79 bits per heavy atom. The Kier molecular flexibility index (Phi) is 4.97. The average molecular weight is 378 g/mol. The lowest BCUT2D eigenvalue weighted by molar-refractivity contribution is 0.0760. The summed E-state index contributed by atoms with van der Waals surface area (Å²) in [5.74, 6) is 1.26. The summed E-state index contributed by atoms with van der Waals surface area (Å²) in [6.45, 7) is 1.18. The Morgan fingerprint density at radius 1 is 1.18 bits per heavy atom. The van der Waals surface area contributed by atoms with Crippen molar-refractivity contribution in [3.05, 3.63) is 60.4 Å². The van der Waals surface area contributed by atoms with Gasteiger partial charge in [0.2, 0.25) is 5.88 Å². The lowest BCUT2D eigenvalue weighted by atomic mass is 10.1. The molecule has 1 aliphatic heterocycles. The Bertz CT molecular complexity index is 971. The fraction of sp³-hybridized carbons (Fsp3) is 0.286. The van der Waals surface area contributed by atoms with Gasteiger partial charge in [-0.05, 0) is 24.3 Å². The van der Waals surface area contributed by atoms with Crippen molar-refractivity contribution in [3.63, 3.8) is 0 Å². The predicted molar refractivity (Wildman–Crippen MR) is 104 cm³/mol. The van der Waals surface area contributed by atoms with E-state index in [1.54, 1.807) is 29.9 Å². The molecule has 1 amide bonds. The summed E-state index contributed by atoms with van der Waals surface area (Å²) in [5, 5.41) is 4.52. The lowest BCUT2D eigenvalue weighted by Gasteiger charge is -2.16. The maximum Gasteiger partial charge on any atom is 0.272 e. The van der Waals surface area contributed by atoms with E-state index in [4.69, 9.17) is 9.47 Å². The number of para-hydroxylation sites is 1. The molecule has 1 atom stereocenters. The van der Waals surface area contributed by atoms with Crippen molar-refractivity contribution < 1.29 is 14.3 Å². The number of aromatic nitrogens is 3. The second-order valence-corrected chi connectivity index (χ2v) is 6.69. The van der Waals surface area contributed by atoms with Gasteiger partial charge in [0.25, 0.3) is 5.91 Å². The number of carbonyl (C=O) groups excluding carboxylic acids is 1. The maximum atomic E-state index is 13.0. The first-order chi connectivity index (χ1) is 13.7. The van der Waals surface area contributed by atoms with Gasteiger partial charge in [0.05, 0.1) is 19.3 Å². The van der Waals surface area contributed by atoms with Crippen LogP contribution >= 0.6 is 0 Å². The molecule has 4 rings (SSSR count). The van der Waals surface area contributed by atoms with Crippen LogP contribution in [0.5, 0.6) is 11.6 Å². The van der Waals surface area contributed by atoms with Gasteiger partial charge in [0.1, 0.15) is 17.5 Å². The van der Waals surface area contributed by atoms with Gasteiger partial charge in [-0.1, -0.05) is 18.2 Å². The number of methoxy groups -OCH3 is 1. The number of hydrogen-bond acceptors (Lipinski definition) is 5. The Hall–Kier alpha value is -3.35. The zero-order valence-electron chi connectivity index (χ0n) is 15.9. The van der Waals surface area contributed by atoms with Crippen LogP contribution in [0, 0.1) is 0 Å². The quantitative estimate of drug-likeness (QED) is 0.683. The summed E-state index contributed by atoms with van der Waals surface area (Å²) in [7, 11) is 3.41. The minimum Gasteiger partial charge on any atom is -0.496 e. The van der Waals surface area contributed by atoms with Crippen LogP contribution in [-0.4, -0.2) is 51.9 Å². The van der Waals surface area contributed by atoms with Crippen molar-refractivity contribution in [3.8, 4) is 22.9 Å². The summed E-state index contributed by atoms with van der Waals surface area (Å²) in [6, 6.07) is 15.0. The molecular weight excluding hydrogens is 356 g/mol. The van der Waals surface area contributed by atoms with Crippen LogP contribution in [0.4, 0.5) is 0 Å². The molecular formula is C21H22N4O3. The molecule has 2 aromatic heterocycles. The van der Waals surface area contributed by atoms with E-state index in [1.165, 1.54) is 0 Å². The molecule has 28 heavy (non-hydrogen) atoms. The molecule has 0 radical (unpaired) electrons. The number of benzene rings is 1. The molecule has 0 bridgehead atoms. The van der Waals surface area contributed by atoms with Gasteiger partial charge in [0.15, 0.2) is 0 Å². The van der Waals surface area contributed by atoms with Gasteiger partial charge in [-0.2, -0.15) is 5.10 Å². The minimum absolute atomic E-state index is 0.0525. The van der Waals surface area contributed by atoms with Crippen LogP contribution in [0.1, 0.15) is 16.9 Å². The number of rotatable bonds is 5. The highest BCUT2D eigenvalue weighted by atomic mass is 16.5. The van der Waals surface area contributed by atoms with E-state index in [9.17, 15) is 4.79 Å². The lowest BCUT2D eigenvalue weighted by Crippen LogP contribution is -2.32. The van der Waals surface area contributed by atoms with Crippen LogP contribution in [0.25, 0.3) is 11.3 Å². The maximum absolute atomic E-state index is 13.0. The summed E-state index contributed by atoms with van der Waals surface area (Å²) in [4.78, 5) is 19.0. The number of nitrogens with zero attached hydrogens (tertiary/aromatic N) is 4. The smallest absolute Gasteiger partial charge is 0.272 e. The number of pyridine rings is 1. The highest BCUT2D eigenvalue weighted by molar-refractivity contribution is 5.94. The molecule has 3 aromatic rings. The van der Waals surface area contributed by atoms with E-state index in [0.717, 1.165) is 17.7 Å². The molecule has 1 unspecified atom stereocenters. The minimum atomic E-state index is -0.0548. The van der Waals surface area contributed by atoms with Gasteiger partial charge < -0.3 is 14.4 Å². The molecule has 7 heteroatoms. The Labute approximate surface area is 163 Å². The first kappa shape index (κ1) is 18.0. The van der Waals surface area contributed by atoms with E-state index in [0.29, 0.717) is 30.4 Å². The van der Waals surface area contributed by atoms with E-state index in [1.807, 2.05) is 48.5 Å². The number of aryl methyl sites for hydroxylation is 1. The fourth-order valence-corrected chi connectivity index (χ4v) is 3.41.